The zero-order valence-corrected chi connectivity index (χ0v) is 18.0. The summed E-state index contributed by atoms with van der Waals surface area (Å²) in [6, 6.07) is 3.86. The molecule has 1 aliphatic heterocycles. The molecule has 2 aliphatic rings. The Balaban J connectivity index is 1.33. The van der Waals surface area contributed by atoms with Crippen LogP contribution in [0.2, 0.25) is 5.02 Å². The number of aryl methyl sites for hydroxylation is 1. The predicted octanol–water partition coefficient (Wildman–Crippen LogP) is 3.04. The van der Waals surface area contributed by atoms with Crippen LogP contribution in [-0.2, 0) is 17.6 Å². The molecule has 1 saturated heterocycles. The van der Waals surface area contributed by atoms with E-state index >= 15 is 0 Å². The van der Waals surface area contributed by atoms with Crippen molar-refractivity contribution in [3.05, 3.63) is 46.3 Å². The second-order valence-corrected chi connectivity index (χ2v) is 9.59. The van der Waals surface area contributed by atoms with Crippen molar-refractivity contribution in [3.63, 3.8) is 0 Å². The Morgan fingerprint density at radius 1 is 1.32 bits per heavy atom. The molecule has 1 fully saturated rings. The van der Waals surface area contributed by atoms with Crippen LogP contribution in [0, 0.1) is 5.92 Å². The van der Waals surface area contributed by atoms with Gasteiger partial charge in [-0.3, -0.25) is 4.79 Å². The van der Waals surface area contributed by atoms with Crippen LogP contribution >= 0.6 is 22.9 Å². The maximum atomic E-state index is 12.7. The number of rotatable bonds is 3. The van der Waals surface area contributed by atoms with Crippen LogP contribution in [0.25, 0.3) is 15.7 Å². The molecule has 0 bridgehead atoms. The number of aliphatic hydroxyl groups is 1. The minimum Gasteiger partial charge on any atom is -0.389 e. The lowest BCUT2D eigenvalue weighted by atomic mass is 9.86. The summed E-state index contributed by atoms with van der Waals surface area (Å²) in [5.74, 6) is 0.846. The monoisotopic (exact) mass is 454 g/mol. The summed E-state index contributed by atoms with van der Waals surface area (Å²) >= 11 is 8.10. The molecule has 0 unspecified atom stereocenters. The van der Waals surface area contributed by atoms with Gasteiger partial charge in [0.2, 0.25) is 5.91 Å². The second kappa shape index (κ2) is 7.15. The van der Waals surface area contributed by atoms with Gasteiger partial charge in [0.25, 0.3) is 0 Å². The predicted molar refractivity (Wildman–Crippen MR) is 119 cm³/mol. The van der Waals surface area contributed by atoms with Gasteiger partial charge in [-0.1, -0.05) is 11.6 Å². The number of anilines is 2. The van der Waals surface area contributed by atoms with Gasteiger partial charge in [0.15, 0.2) is 0 Å². The van der Waals surface area contributed by atoms with Gasteiger partial charge in [-0.05, 0) is 37.0 Å². The first-order chi connectivity index (χ1) is 15.1. The van der Waals surface area contributed by atoms with Gasteiger partial charge < -0.3 is 15.3 Å². The summed E-state index contributed by atoms with van der Waals surface area (Å²) in [6.07, 6.45) is 6.99. The van der Waals surface area contributed by atoms with Gasteiger partial charge in [0, 0.05) is 36.3 Å². The van der Waals surface area contributed by atoms with Crippen molar-refractivity contribution >= 4 is 56.1 Å². The fourth-order valence-corrected chi connectivity index (χ4v) is 5.93. The molecule has 1 amide bonds. The van der Waals surface area contributed by atoms with Gasteiger partial charge in [-0.15, -0.1) is 11.3 Å². The Hall–Kier alpha value is -2.75. The number of carbonyl (C=O) groups excluding carboxylic acids is 1. The molecule has 31 heavy (non-hydrogen) atoms. The number of amides is 1. The Morgan fingerprint density at radius 3 is 3.03 bits per heavy atom. The highest BCUT2D eigenvalue weighted by atomic mass is 35.5. The number of halogens is 1. The first-order valence-electron chi connectivity index (χ1n) is 10.2. The molecular formula is C21H19ClN6O2S. The van der Waals surface area contributed by atoms with Crippen molar-refractivity contribution in [1.29, 1.82) is 0 Å². The summed E-state index contributed by atoms with van der Waals surface area (Å²) in [5, 5.41) is 18.7. The lowest BCUT2D eigenvalue weighted by Gasteiger charge is -2.38. The zero-order chi connectivity index (χ0) is 21.1. The molecule has 2 N–H and O–H groups in total. The van der Waals surface area contributed by atoms with Gasteiger partial charge in [0.05, 0.1) is 27.7 Å². The first-order valence-corrected chi connectivity index (χ1v) is 11.4. The molecular weight excluding hydrogens is 436 g/mol. The summed E-state index contributed by atoms with van der Waals surface area (Å²) in [7, 11) is 0. The minimum absolute atomic E-state index is 0.0313. The van der Waals surface area contributed by atoms with Gasteiger partial charge in [-0.2, -0.15) is 5.10 Å². The molecule has 1 aliphatic carbocycles. The molecule has 0 saturated carbocycles. The van der Waals surface area contributed by atoms with Crippen molar-refractivity contribution in [3.8, 4) is 0 Å². The normalized spacial score (nSPS) is 18.9. The topological polar surface area (TPSA) is 95.7 Å². The number of likely N-dealkylation sites (tertiary alicyclic amines) is 1. The molecule has 0 aromatic carbocycles. The number of β-amino-alcohol motifs (C(OH)–C–C–N with tert-alkyl or cyclic N) is 1. The van der Waals surface area contributed by atoms with E-state index in [1.165, 1.54) is 10.4 Å². The van der Waals surface area contributed by atoms with E-state index in [1.54, 1.807) is 39.5 Å². The Bertz CT molecular complexity index is 1330. The van der Waals surface area contributed by atoms with Crippen LogP contribution < -0.4 is 5.32 Å². The van der Waals surface area contributed by atoms with Crippen molar-refractivity contribution in [1.82, 2.24) is 24.5 Å². The maximum absolute atomic E-state index is 12.7. The molecule has 10 heteroatoms. The van der Waals surface area contributed by atoms with Crippen molar-refractivity contribution in [2.75, 3.05) is 18.4 Å². The molecule has 6 rings (SSSR count). The molecule has 1 atom stereocenters. The van der Waals surface area contributed by atoms with Gasteiger partial charge >= 0.3 is 0 Å². The van der Waals surface area contributed by atoms with Gasteiger partial charge in [0.1, 0.15) is 17.0 Å². The molecule has 8 nitrogen and oxygen atoms in total. The highest BCUT2D eigenvalue weighted by molar-refractivity contribution is 7.19. The Kier molecular flexibility index (Phi) is 4.38. The summed E-state index contributed by atoms with van der Waals surface area (Å²) in [5.41, 5.74) is 2.91. The van der Waals surface area contributed by atoms with Crippen molar-refractivity contribution in [2.24, 2.45) is 5.92 Å². The highest BCUT2D eigenvalue weighted by Crippen LogP contribution is 2.41. The van der Waals surface area contributed by atoms with E-state index in [4.69, 9.17) is 11.6 Å². The Labute approximate surface area is 186 Å². The SMILES string of the molecule is O=C([C@H]1CCc2c(sc3ncnc(Nc4cc5ccnn5cc4Cl)c23)C1)N1CC(O)C1. The van der Waals surface area contributed by atoms with E-state index < -0.39 is 0 Å². The number of hydrogen-bond acceptors (Lipinski definition) is 7. The number of aromatic nitrogens is 4. The number of nitrogens with one attached hydrogen (secondary N) is 1. The van der Waals surface area contributed by atoms with E-state index in [0.717, 1.165) is 40.1 Å². The number of hydrogen-bond donors (Lipinski definition) is 2. The maximum Gasteiger partial charge on any atom is 0.226 e. The summed E-state index contributed by atoms with van der Waals surface area (Å²) in [6.45, 7) is 0.910. The van der Waals surface area contributed by atoms with Crippen LogP contribution in [0.1, 0.15) is 16.9 Å². The first kappa shape index (κ1) is 19.0. The van der Waals surface area contributed by atoms with E-state index in [9.17, 15) is 9.90 Å². The van der Waals surface area contributed by atoms with Crippen molar-refractivity contribution in [2.45, 2.75) is 25.4 Å². The molecule has 0 spiro atoms. The molecule has 4 aromatic rings. The number of carbonyl (C=O) groups is 1. The fourth-order valence-electron chi connectivity index (χ4n) is 4.47. The average Bonchev–Trinajstić information content (AvgIpc) is 3.34. The third kappa shape index (κ3) is 3.15. The van der Waals surface area contributed by atoms with Crippen molar-refractivity contribution < 1.29 is 9.90 Å². The van der Waals surface area contributed by atoms with Crippen LogP contribution in [0.5, 0.6) is 0 Å². The largest absolute Gasteiger partial charge is 0.389 e. The standard InChI is InChI=1S/C21H19ClN6O2S/c22-15-9-28-12(3-4-25-28)6-16(15)26-19-18-14-2-1-11(21(30)27-7-13(29)8-27)5-17(14)31-20(18)24-10-23-19/h3-4,6,9-11,13,29H,1-2,5,7-8H2,(H,23,24,26)/t11-/m0/s1. The van der Waals surface area contributed by atoms with Gasteiger partial charge in [-0.25, -0.2) is 14.5 Å². The van der Waals surface area contributed by atoms with Crippen LogP contribution in [-0.4, -0.2) is 54.7 Å². The Morgan fingerprint density at radius 2 is 2.19 bits per heavy atom. The van der Waals surface area contributed by atoms with E-state index in [-0.39, 0.29) is 17.9 Å². The quantitative estimate of drug-likeness (QED) is 0.494. The summed E-state index contributed by atoms with van der Waals surface area (Å²) < 4.78 is 1.73. The average molecular weight is 455 g/mol. The minimum atomic E-state index is -0.370. The fraction of sp³-hybridized carbons (Fsp3) is 0.333. The molecule has 5 heterocycles. The molecule has 158 valence electrons. The lowest BCUT2D eigenvalue weighted by Crippen LogP contribution is -2.55. The van der Waals surface area contributed by atoms with E-state index in [2.05, 4.69) is 20.4 Å². The number of nitrogens with zero attached hydrogens (tertiary/aromatic N) is 5. The van der Waals surface area contributed by atoms with E-state index in [1.807, 2.05) is 12.1 Å². The number of thiophene rings is 1. The second-order valence-electron chi connectivity index (χ2n) is 8.10. The van der Waals surface area contributed by atoms with Crippen LogP contribution in [0.4, 0.5) is 11.5 Å². The highest BCUT2D eigenvalue weighted by Gasteiger charge is 2.36. The van der Waals surface area contributed by atoms with Crippen LogP contribution in [0.3, 0.4) is 0 Å². The lowest BCUT2D eigenvalue weighted by molar-refractivity contribution is -0.146. The third-order valence-corrected chi connectivity index (χ3v) is 7.57. The number of fused-ring (bicyclic) bond motifs is 4. The van der Waals surface area contributed by atoms with E-state index in [0.29, 0.717) is 24.5 Å². The smallest absolute Gasteiger partial charge is 0.226 e. The molecule has 0 radical (unpaired) electrons. The summed E-state index contributed by atoms with van der Waals surface area (Å²) in [4.78, 5) is 25.6. The number of pyridine rings is 1. The third-order valence-electron chi connectivity index (χ3n) is 6.11. The molecule has 4 aromatic heterocycles. The van der Waals surface area contributed by atoms with Crippen LogP contribution in [0.15, 0.2) is 30.9 Å². The number of aliphatic hydroxyl groups excluding tert-OH is 1. The zero-order valence-electron chi connectivity index (χ0n) is 16.5.